The number of carbonyl (C=O) groups excluding carboxylic acids is 1. The Balaban J connectivity index is 1.37. The molecule has 1 fully saturated rings. The SMILES string of the molecule is Cc1ccc(S(=O)(=O)N2CCC(C(=O)Nc3nnc(-c4ccc(C)cc4C)o3)CC2)cc1. The Morgan fingerprint density at radius 3 is 2.31 bits per heavy atom. The summed E-state index contributed by atoms with van der Waals surface area (Å²) in [6.07, 6.45) is 0.851. The number of piperidine rings is 1. The molecule has 168 valence electrons. The van der Waals surface area contributed by atoms with Crippen molar-refractivity contribution in [1.29, 1.82) is 0 Å². The molecule has 1 amide bonds. The zero-order valence-corrected chi connectivity index (χ0v) is 19.1. The summed E-state index contributed by atoms with van der Waals surface area (Å²) >= 11 is 0. The molecule has 9 heteroatoms. The van der Waals surface area contributed by atoms with Crippen LogP contribution in [0.3, 0.4) is 0 Å². The van der Waals surface area contributed by atoms with Crippen molar-refractivity contribution in [3.05, 3.63) is 59.2 Å². The van der Waals surface area contributed by atoms with Crippen LogP contribution in [0.25, 0.3) is 11.5 Å². The minimum atomic E-state index is -3.56. The summed E-state index contributed by atoms with van der Waals surface area (Å²) in [7, 11) is -3.56. The van der Waals surface area contributed by atoms with Crippen LogP contribution in [-0.2, 0) is 14.8 Å². The van der Waals surface area contributed by atoms with Gasteiger partial charge in [-0.15, -0.1) is 5.10 Å². The molecule has 0 saturated carbocycles. The van der Waals surface area contributed by atoms with E-state index >= 15 is 0 Å². The van der Waals surface area contributed by atoms with Gasteiger partial charge >= 0.3 is 6.01 Å². The van der Waals surface area contributed by atoms with Crippen LogP contribution in [-0.4, -0.2) is 41.9 Å². The summed E-state index contributed by atoms with van der Waals surface area (Å²) in [6, 6.07) is 12.7. The smallest absolute Gasteiger partial charge is 0.322 e. The van der Waals surface area contributed by atoms with Crippen LogP contribution in [0.2, 0.25) is 0 Å². The highest BCUT2D eigenvalue weighted by Crippen LogP contribution is 2.27. The number of rotatable bonds is 5. The van der Waals surface area contributed by atoms with Crippen LogP contribution in [0.15, 0.2) is 51.8 Å². The van der Waals surface area contributed by atoms with Crippen LogP contribution in [0.5, 0.6) is 0 Å². The molecule has 1 aliphatic rings. The summed E-state index contributed by atoms with van der Waals surface area (Å²) in [5.74, 6) is -0.221. The third-order valence-electron chi connectivity index (χ3n) is 5.75. The Bertz CT molecular complexity index is 1230. The fraction of sp³-hybridized carbons (Fsp3) is 0.348. The van der Waals surface area contributed by atoms with Crippen LogP contribution < -0.4 is 5.32 Å². The van der Waals surface area contributed by atoms with Crippen molar-refractivity contribution in [2.24, 2.45) is 5.92 Å². The van der Waals surface area contributed by atoms with Gasteiger partial charge in [-0.3, -0.25) is 10.1 Å². The molecule has 0 aliphatic carbocycles. The second-order valence-electron chi connectivity index (χ2n) is 8.21. The maximum Gasteiger partial charge on any atom is 0.322 e. The van der Waals surface area contributed by atoms with E-state index in [1.807, 2.05) is 39.0 Å². The van der Waals surface area contributed by atoms with Gasteiger partial charge in [-0.25, -0.2) is 8.42 Å². The number of carbonyl (C=O) groups is 1. The first-order chi connectivity index (χ1) is 15.2. The van der Waals surface area contributed by atoms with Crippen molar-refractivity contribution >= 4 is 21.9 Å². The lowest BCUT2D eigenvalue weighted by Gasteiger charge is -2.30. The Labute approximate surface area is 187 Å². The number of aromatic nitrogens is 2. The second-order valence-corrected chi connectivity index (χ2v) is 10.1. The van der Waals surface area contributed by atoms with Gasteiger partial charge in [0.25, 0.3) is 0 Å². The first kappa shape index (κ1) is 22.2. The van der Waals surface area contributed by atoms with E-state index in [1.54, 1.807) is 24.3 Å². The first-order valence-electron chi connectivity index (χ1n) is 10.5. The molecule has 3 aromatic rings. The van der Waals surface area contributed by atoms with Crippen molar-refractivity contribution in [3.63, 3.8) is 0 Å². The van der Waals surface area contributed by atoms with Gasteiger partial charge in [0.05, 0.1) is 4.90 Å². The predicted molar refractivity (Wildman–Crippen MR) is 120 cm³/mol. The van der Waals surface area contributed by atoms with Gasteiger partial charge in [-0.05, 0) is 57.4 Å². The summed E-state index contributed by atoms with van der Waals surface area (Å²) in [5.41, 5.74) is 3.96. The zero-order chi connectivity index (χ0) is 22.9. The second kappa shape index (κ2) is 8.84. The van der Waals surface area contributed by atoms with Crippen molar-refractivity contribution in [1.82, 2.24) is 14.5 Å². The van der Waals surface area contributed by atoms with E-state index in [0.717, 1.165) is 22.3 Å². The number of benzene rings is 2. The van der Waals surface area contributed by atoms with Crippen LogP contribution in [0, 0.1) is 26.7 Å². The Kier molecular flexibility index (Phi) is 6.12. The molecule has 8 nitrogen and oxygen atoms in total. The van der Waals surface area contributed by atoms with E-state index in [4.69, 9.17) is 4.42 Å². The molecule has 0 unspecified atom stereocenters. The average Bonchev–Trinajstić information content (AvgIpc) is 3.22. The summed E-state index contributed by atoms with van der Waals surface area (Å²) in [6.45, 7) is 6.45. The van der Waals surface area contributed by atoms with Gasteiger partial charge in [0, 0.05) is 24.6 Å². The molecular formula is C23H26N4O4S. The van der Waals surface area contributed by atoms with Crippen molar-refractivity contribution in [2.45, 2.75) is 38.5 Å². The molecule has 4 rings (SSSR count). The highest BCUT2D eigenvalue weighted by Gasteiger charge is 2.32. The van der Waals surface area contributed by atoms with Crippen LogP contribution >= 0.6 is 0 Å². The minimum absolute atomic E-state index is 0.0414. The molecule has 1 N–H and O–H groups in total. The molecule has 0 atom stereocenters. The molecule has 2 heterocycles. The normalized spacial score (nSPS) is 15.6. The molecule has 32 heavy (non-hydrogen) atoms. The molecule has 1 saturated heterocycles. The molecule has 2 aromatic carbocycles. The summed E-state index contributed by atoms with van der Waals surface area (Å²) in [4.78, 5) is 13.0. The largest absolute Gasteiger partial charge is 0.403 e. The monoisotopic (exact) mass is 454 g/mol. The van der Waals surface area contributed by atoms with Gasteiger partial charge in [-0.1, -0.05) is 40.5 Å². The molecule has 0 radical (unpaired) electrons. The third kappa shape index (κ3) is 4.58. The molecule has 1 aliphatic heterocycles. The number of nitrogens with one attached hydrogen (secondary N) is 1. The van der Waals surface area contributed by atoms with Gasteiger partial charge in [-0.2, -0.15) is 4.31 Å². The predicted octanol–water partition coefficient (Wildman–Crippen LogP) is 3.70. The molecular weight excluding hydrogens is 428 g/mol. The highest BCUT2D eigenvalue weighted by molar-refractivity contribution is 7.89. The Hall–Kier alpha value is -3.04. The number of sulfonamides is 1. The zero-order valence-electron chi connectivity index (χ0n) is 18.3. The Morgan fingerprint density at radius 1 is 1.00 bits per heavy atom. The van der Waals surface area contributed by atoms with Crippen molar-refractivity contribution < 1.29 is 17.6 Å². The lowest BCUT2D eigenvalue weighted by atomic mass is 9.97. The van der Waals surface area contributed by atoms with Crippen LogP contribution in [0.1, 0.15) is 29.5 Å². The van der Waals surface area contributed by atoms with E-state index in [2.05, 4.69) is 15.5 Å². The van der Waals surface area contributed by atoms with Gasteiger partial charge in [0.2, 0.25) is 21.8 Å². The first-order valence-corrected chi connectivity index (χ1v) is 12.0. The maximum absolute atomic E-state index is 12.8. The molecule has 0 spiro atoms. The summed E-state index contributed by atoms with van der Waals surface area (Å²) in [5, 5.41) is 10.7. The lowest BCUT2D eigenvalue weighted by molar-refractivity contribution is -0.121. The fourth-order valence-corrected chi connectivity index (χ4v) is 5.33. The number of hydrogen-bond acceptors (Lipinski definition) is 6. The minimum Gasteiger partial charge on any atom is -0.403 e. The van der Waals surface area contributed by atoms with E-state index in [-0.39, 0.29) is 35.8 Å². The Morgan fingerprint density at radius 2 is 1.66 bits per heavy atom. The highest BCUT2D eigenvalue weighted by atomic mass is 32.2. The topological polar surface area (TPSA) is 105 Å². The van der Waals surface area contributed by atoms with Gasteiger partial charge < -0.3 is 4.42 Å². The van der Waals surface area contributed by atoms with Crippen LogP contribution in [0.4, 0.5) is 6.01 Å². The number of aryl methyl sites for hydroxylation is 3. The van der Waals surface area contributed by atoms with Crippen molar-refractivity contribution in [2.75, 3.05) is 18.4 Å². The number of anilines is 1. The van der Waals surface area contributed by atoms with E-state index in [1.165, 1.54) is 4.31 Å². The lowest BCUT2D eigenvalue weighted by Crippen LogP contribution is -2.41. The average molecular weight is 455 g/mol. The summed E-state index contributed by atoms with van der Waals surface area (Å²) < 4.78 is 32.8. The number of nitrogens with zero attached hydrogens (tertiary/aromatic N) is 3. The number of hydrogen-bond donors (Lipinski definition) is 1. The van der Waals surface area contributed by atoms with Gasteiger partial charge in [0.1, 0.15) is 0 Å². The standard InChI is InChI=1S/C23H26N4O4S/c1-15-4-7-19(8-5-15)32(29,30)27-12-10-18(11-13-27)21(28)24-23-26-25-22(31-23)20-9-6-16(2)14-17(20)3/h4-9,14,18H,10-13H2,1-3H3,(H,24,26,28). The van der Waals surface area contributed by atoms with E-state index in [9.17, 15) is 13.2 Å². The third-order valence-corrected chi connectivity index (χ3v) is 7.66. The molecule has 1 aromatic heterocycles. The number of amides is 1. The van der Waals surface area contributed by atoms with E-state index in [0.29, 0.717) is 18.7 Å². The maximum atomic E-state index is 12.8. The quantitative estimate of drug-likeness (QED) is 0.630. The molecule has 0 bridgehead atoms. The van der Waals surface area contributed by atoms with Gasteiger partial charge in [0.15, 0.2) is 0 Å². The van der Waals surface area contributed by atoms with Crippen molar-refractivity contribution in [3.8, 4) is 11.5 Å². The fourth-order valence-electron chi connectivity index (χ4n) is 3.86. The van der Waals surface area contributed by atoms with E-state index < -0.39 is 10.0 Å².